The van der Waals surface area contributed by atoms with E-state index in [1.54, 1.807) is 12.5 Å². The molecule has 0 unspecified atom stereocenters. The maximum absolute atomic E-state index is 12.8. The lowest BCUT2D eigenvalue weighted by atomic mass is 10.1. The van der Waals surface area contributed by atoms with Gasteiger partial charge in [0.05, 0.1) is 6.33 Å². The highest BCUT2D eigenvalue weighted by Crippen LogP contribution is 2.25. The third kappa shape index (κ3) is 4.87. The van der Waals surface area contributed by atoms with Crippen LogP contribution in [0.3, 0.4) is 0 Å². The molecule has 3 aromatic rings. The zero-order valence-corrected chi connectivity index (χ0v) is 14.7. The first-order chi connectivity index (χ1) is 13.3. The Bertz CT molecular complexity index is 993. The van der Waals surface area contributed by atoms with E-state index in [1.807, 2.05) is 35.0 Å². The van der Waals surface area contributed by atoms with Crippen LogP contribution in [-0.4, -0.2) is 20.0 Å². The quantitative estimate of drug-likeness (QED) is 0.703. The van der Waals surface area contributed by atoms with E-state index in [9.17, 15) is 22.8 Å². The van der Waals surface area contributed by atoms with Crippen LogP contribution in [0.25, 0.3) is 0 Å². The fourth-order valence-electron chi connectivity index (χ4n) is 2.64. The first-order valence-corrected chi connectivity index (χ1v) is 8.40. The van der Waals surface area contributed by atoms with Gasteiger partial charge in [-0.3, -0.25) is 9.59 Å². The zero-order chi connectivity index (χ0) is 20.1. The molecule has 0 spiro atoms. The lowest BCUT2D eigenvalue weighted by Crippen LogP contribution is -2.34. The summed E-state index contributed by atoms with van der Waals surface area (Å²) >= 11 is 0. The summed E-state index contributed by atoms with van der Waals surface area (Å²) in [5.74, 6) is -0.552. The van der Waals surface area contributed by atoms with E-state index >= 15 is 0 Å². The van der Waals surface area contributed by atoms with Gasteiger partial charge in [0, 0.05) is 31.7 Å². The molecule has 0 aliphatic heterocycles. The number of nitrogens with zero attached hydrogens (tertiary/aromatic N) is 3. The van der Waals surface area contributed by atoms with Crippen LogP contribution >= 0.6 is 0 Å². The van der Waals surface area contributed by atoms with Crippen LogP contribution in [0.4, 0.5) is 13.2 Å². The Kier molecular flexibility index (Phi) is 5.62. The minimum atomic E-state index is -4.75. The van der Waals surface area contributed by atoms with Crippen LogP contribution in [0.5, 0.6) is 0 Å². The number of rotatable bonds is 6. The number of hydrogen-bond donors (Lipinski definition) is 1. The van der Waals surface area contributed by atoms with E-state index in [2.05, 4.69) is 10.3 Å². The van der Waals surface area contributed by atoms with Gasteiger partial charge in [-0.1, -0.05) is 24.3 Å². The molecule has 0 radical (unpaired) electrons. The van der Waals surface area contributed by atoms with E-state index in [4.69, 9.17) is 0 Å². The second-order valence-corrected chi connectivity index (χ2v) is 6.18. The number of amides is 1. The number of alkyl halides is 3. The number of nitrogens with one attached hydrogen (secondary N) is 1. The number of hydrogen-bond acceptors (Lipinski definition) is 3. The largest absolute Gasteiger partial charge is 0.421 e. The lowest BCUT2D eigenvalue weighted by Gasteiger charge is -2.11. The smallest absolute Gasteiger partial charge is 0.350 e. The van der Waals surface area contributed by atoms with Gasteiger partial charge < -0.3 is 14.5 Å². The first-order valence-electron chi connectivity index (χ1n) is 8.40. The molecule has 0 aliphatic carbocycles. The molecule has 3 rings (SSSR count). The maximum Gasteiger partial charge on any atom is 0.421 e. The van der Waals surface area contributed by atoms with E-state index < -0.39 is 29.8 Å². The van der Waals surface area contributed by atoms with Crippen molar-refractivity contribution in [3.63, 3.8) is 0 Å². The highest BCUT2D eigenvalue weighted by Gasteiger charge is 2.34. The normalized spacial score (nSPS) is 11.4. The predicted octanol–water partition coefficient (Wildman–Crippen LogP) is 2.43. The van der Waals surface area contributed by atoms with Crippen molar-refractivity contribution in [1.82, 2.24) is 19.4 Å². The van der Waals surface area contributed by atoms with Crippen molar-refractivity contribution in [3.05, 3.63) is 88.4 Å². The Morgan fingerprint density at radius 1 is 1.07 bits per heavy atom. The molecule has 0 fully saturated rings. The lowest BCUT2D eigenvalue weighted by molar-refractivity contribution is -0.139. The summed E-state index contributed by atoms with van der Waals surface area (Å²) in [4.78, 5) is 27.8. The summed E-state index contributed by atoms with van der Waals surface area (Å²) < 4.78 is 41.0. The Balaban J connectivity index is 1.57. The molecular formula is C19H17F3N4O2. The Morgan fingerprint density at radius 3 is 2.43 bits per heavy atom. The minimum Gasteiger partial charge on any atom is -0.350 e. The van der Waals surface area contributed by atoms with Gasteiger partial charge in [0.1, 0.15) is 12.1 Å². The predicted molar refractivity (Wildman–Crippen MR) is 95.3 cm³/mol. The molecule has 1 aromatic carbocycles. The van der Waals surface area contributed by atoms with Crippen molar-refractivity contribution in [2.75, 3.05) is 0 Å². The summed E-state index contributed by atoms with van der Waals surface area (Å²) in [7, 11) is 0. The van der Waals surface area contributed by atoms with Gasteiger partial charge >= 0.3 is 6.18 Å². The monoisotopic (exact) mass is 390 g/mol. The minimum absolute atomic E-state index is 0.206. The van der Waals surface area contributed by atoms with Crippen LogP contribution < -0.4 is 10.9 Å². The fraction of sp³-hybridized carbons (Fsp3) is 0.211. The Hall–Kier alpha value is -3.36. The molecule has 1 N–H and O–H groups in total. The first kappa shape index (κ1) is 19.4. The van der Waals surface area contributed by atoms with Crippen molar-refractivity contribution in [1.29, 1.82) is 0 Å². The van der Waals surface area contributed by atoms with Crippen LogP contribution in [0.15, 0.2) is 66.1 Å². The number of carbonyl (C=O) groups excluding carboxylic acids is 1. The molecule has 6 nitrogen and oxygen atoms in total. The molecule has 2 heterocycles. The summed E-state index contributed by atoms with van der Waals surface area (Å²) in [6.07, 6.45) is 1.66. The number of imidazole rings is 1. The summed E-state index contributed by atoms with van der Waals surface area (Å²) in [6, 6.07) is 9.32. The van der Waals surface area contributed by atoms with Gasteiger partial charge in [-0.2, -0.15) is 13.2 Å². The van der Waals surface area contributed by atoms with Gasteiger partial charge in [0.15, 0.2) is 0 Å². The Labute approximate surface area is 158 Å². The molecule has 0 atom stereocenters. The molecule has 0 saturated carbocycles. The average molecular weight is 390 g/mol. The number of aromatic nitrogens is 3. The van der Waals surface area contributed by atoms with E-state index in [0.29, 0.717) is 12.6 Å². The molecule has 0 saturated heterocycles. The van der Waals surface area contributed by atoms with Crippen molar-refractivity contribution in [2.45, 2.75) is 25.8 Å². The molecule has 146 valence electrons. The molecule has 2 aromatic heterocycles. The fourth-order valence-corrected chi connectivity index (χ4v) is 2.64. The molecule has 0 aliphatic rings. The molecular weight excluding hydrogens is 373 g/mol. The summed E-state index contributed by atoms with van der Waals surface area (Å²) in [5, 5.41) is 2.60. The molecule has 0 bridgehead atoms. The highest BCUT2D eigenvalue weighted by atomic mass is 19.4. The van der Waals surface area contributed by atoms with Crippen LogP contribution in [0.1, 0.15) is 16.7 Å². The third-order valence-electron chi connectivity index (χ3n) is 4.08. The van der Waals surface area contributed by atoms with Crippen molar-refractivity contribution in [2.24, 2.45) is 0 Å². The zero-order valence-electron chi connectivity index (χ0n) is 14.7. The van der Waals surface area contributed by atoms with Gasteiger partial charge in [0.25, 0.3) is 5.56 Å². The topological polar surface area (TPSA) is 68.9 Å². The van der Waals surface area contributed by atoms with Gasteiger partial charge in [-0.05, 0) is 23.3 Å². The third-order valence-corrected chi connectivity index (χ3v) is 4.08. The number of halogens is 3. The van der Waals surface area contributed by atoms with Gasteiger partial charge in [-0.25, -0.2) is 4.98 Å². The standard InChI is InChI=1S/C19H17F3N4O2/c20-19(21,22)16-2-1-8-26(18(16)28)12-17(27)24-10-14-3-5-15(6-4-14)11-25-9-7-23-13-25/h1-9,13H,10-12H2,(H,24,27). The number of carbonyl (C=O) groups is 1. The molecule has 28 heavy (non-hydrogen) atoms. The van der Waals surface area contributed by atoms with Crippen molar-refractivity contribution >= 4 is 5.91 Å². The van der Waals surface area contributed by atoms with Gasteiger partial charge in [-0.15, -0.1) is 0 Å². The second kappa shape index (κ2) is 8.12. The van der Waals surface area contributed by atoms with Crippen LogP contribution in [0, 0.1) is 0 Å². The van der Waals surface area contributed by atoms with E-state index in [0.717, 1.165) is 28.0 Å². The highest BCUT2D eigenvalue weighted by molar-refractivity contribution is 5.75. The van der Waals surface area contributed by atoms with Crippen LogP contribution in [0.2, 0.25) is 0 Å². The maximum atomic E-state index is 12.8. The molecule has 1 amide bonds. The number of benzene rings is 1. The summed E-state index contributed by atoms with van der Waals surface area (Å²) in [6.45, 7) is 0.393. The van der Waals surface area contributed by atoms with Crippen LogP contribution in [-0.2, 0) is 30.6 Å². The van der Waals surface area contributed by atoms with Crippen molar-refractivity contribution < 1.29 is 18.0 Å². The van der Waals surface area contributed by atoms with Gasteiger partial charge in [0.2, 0.25) is 5.91 Å². The van der Waals surface area contributed by atoms with E-state index in [-0.39, 0.29) is 6.54 Å². The van der Waals surface area contributed by atoms with Crippen molar-refractivity contribution in [3.8, 4) is 0 Å². The Morgan fingerprint density at radius 2 is 1.79 bits per heavy atom. The summed E-state index contributed by atoms with van der Waals surface area (Å²) in [5.41, 5.74) is -0.645. The second-order valence-electron chi connectivity index (χ2n) is 6.18. The molecule has 9 heteroatoms. The van der Waals surface area contributed by atoms with E-state index in [1.165, 1.54) is 0 Å². The number of pyridine rings is 1. The SMILES string of the molecule is O=C(Cn1cccc(C(F)(F)F)c1=O)NCc1ccc(Cn2ccnc2)cc1. The average Bonchev–Trinajstić information content (AvgIpc) is 3.15.